The maximum Gasteiger partial charge on any atom is 0.126 e. The van der Waals surface area contributed by atoms with Gasteiger partial charge < -0.3 is 15.4 Å². The van der Waals surface area contributed by atoms with Gasteiger partial charge in [0.1, 0.15) is 18.2 Å². The highest BCUT2D eigenvalue weighted by Crippen LogP contribution is 2.27. The van der Waals surface area contributed by atoms with Crippen LogP contribution in [0.1, 0.15) is 24.1 Å². The molecule has 0 aliphatic carbocycles. The van der Waals surface area contributed by atoms with Gasteiger partial charge in [-0.3, -0.25) is 0 Å². The van der Waals surface area contributed by atoms with Gasteiger partial charge in [-0.25, -0.2) is 4.39 Å². The van der Waals surface area contributed by atoms with Gasteiger partial charge in [0, 0.05) is 18.2 Å². The first-order chi connectivity index (χ1) is 7.91. The Balaban J connectivity index is 2.85. The smallest absolute Gasteiger partial charge is 0.126 e. The Bertz CT molecular complexity index is 378. The van der Waals surface area contributed by atoms with Gasteiger partial charge in [-0.15, -0.1) is 0 Å². The van der Waals surface area contributed by atoms with Gasteiger partial charge in [0.05, 0.1) is 0 Å². The predicted octanol–water partition coefficient (Wildman–Crippen LogP) is 2.09. The third-order valence-electron chi connectivity index (χ3n) is 2.58. The average molecular weight is 240 g/mol. The van der Waals surface area contributed by atoms with Crippen molar-refractivity contribution >= 4 is 0 Å². The van der Waals surface area contributed by atoms with Crippen LogP contribution in [-0.4, -0.2) is 32.1 Å². The number of benzene rings is 1. The lowest BCUT2D eigenvalue weighted by atomic mass is 10.1. The Morgan fingerprint density at radius 3 is 2.59 bits per heavy atom. The summed E-state index contributed by atoms with van der Waals surface area (Å²) in [6.45, 7) is 4.93. The molecule has 0 radical (unpaired) electrons. The molecule has 2 N–H and O–H groups in total. The standard InChI is InChI=1S/C13H21FN2O/c1-9-7-13(17-6-5-16(3)4)11(10(2)15)8-12(9)14/h7-8,10H,5-6,15H2,1-4H3. The molecule has 0 fully saturated rings. The van der Waals surface area contributed by atoms with E-state index in [-0.39, 0.29) is 11.9 Å². The van der Waals surface area contributed by atoms with Gasteiger partial charge in [0.25, 0.3) is 0 Å². The van der Waals surface area contributed by atoms with E-state index in [2.05, 4.69) is 0 Å². The molecule has 3 nitrogen and oxygen atoms in total. The lowest BCUT2D eigenvalue weighted by Crippen LogP contribution is -2.20. The van der Waals surface area contributed by atoms with Crippen molar-refractivity contribution in [1.29, 1.82) is 0 Å². The number of rotatable bonds is 5. The highest BCUT2D eigenvalue weighted by molar-refractivity contribution is 5.39. The summed E-state index contributed by atoms with van der Waals surface area (Å²) in [6, 6.07) is 2.94. The minimum atomic E-state index is -0.239. The number of hydrogen-bond donors (Lipinski definition) is 1. The van der Waals surface area contributed by atoms with Crippen LogP contribution in [0.4, 0.5) is 4.39 Å². The topological polar surface area (TPSA) is 38.5 Å². The zero-order valence-electron chi connectivity index (χ0n) is 11.0. The minimum absolute atomic E-state index is 0.237. The van der Waals surface area contributed by atoms with E-state index in [1.54, 1.807) is 13.0 Å². The van der Waals surface area contributed by atoms with E-state index in [0.717, 1.165) is 6.54 Å². The van der Waals surface area contributed by atoms with Gasteiger partial charge in [0.15, 0.2) is 0 Å². The van der Waals surface area contributed by atoms with E-state index < -0.39 is 0 Å². The van der Waals surface area contributed by atoms with Crippen molar-refractivity contribution in [3.8, 4) is 5.75 Å². The molecule has 0 aliphatic rings. The van der Waals surface area contributed by atoms with E-state index in [0.29, 0.717) is 23.5 Å². The highest BCUT2D eigenvalue weighted by Gasteiger charge is 2.12. The second-order valence-corrected chi connectivity index (χ2v) is 4.58. The molecule has 0 saturated carbocycles. The van der Waals surface area contributed by atoms with Crippen molar-refractivity contribution < 1.29 is 9.13 Å². The summed E-state index contributed by atoms with van der Waals surface area (Å²) in [5.41, 5.74) is 7.10. The second kappa shape index (κ2) is 5.98. The molecule has 0 heterocycles. The van der Waals surface area contributed by atoms with E-state index in [1.807, 2.05) is 25.9 Å². The first-order valence-electron chi connectivity index (χ1n) is 5.75. The van der Waals surface area contributed by atoms with Crippen LogP contribution in [0.25, 0.3) is 0 Å². The highest BCUT2D eigenvalue weighted by atomic mass is 19.1. The summed E-state index contributed by atoms with van der Waals surface area (Å²) in [4.78, 5) is 2.03. The first-order valence-corrected chi connectivity index (χ1v) is 5.75. The van der Waals surface area contributed by atoms with E-state index in [4.69, 9.17) is 10.5 Å². The maximum absolute atomic E-state index is 13.5. The van der Waals surface area contributed by atoms with Gasteiger partial charge in [-0.2, -0.15) is 0 Å². The summed E-state index contributed by atoms with van der Waals surface area (Å²) in [5, 5.41) is 0. The van der Waals surface area contributed by atoms with E-state index in [1.165, 1.54) is 6.07 Å². The molecule has 0 aromatic heterocycles. The second-order valence-electron chi connectivity index (χ2n) is 4.58. The fourth-order valence-electron chi connectivity index (χ4n) is 1.49. The van der Waals surface area contributed by atoms with Crippen molar-refractivity contribution in [1.82, 2.24) is 4.90 Å². The molecule has 0 amide bonds. The number of aryl methyl sites for hydroxylation is 1. The Kier molecular flexibility index (Phi) is 4.90. The Hall–Kier alpha value is -1.13. The third-order valence-corrected chi connectivity index (χ3v) is 2.58. The SMILES string of the molecule is Cc1cc(OCCN(C)C)c(C(C)N)cc1F. The van der Waals surface area contributed by atoms with Gasteiger partial charge in [-0.05, 0) is 45.6 Å². The van der Waals surface area contributed by atoms with Crippen LogP contribution in [0.3, 0.4) is 0 Å². The quantitative estimate of drug-likeness (QED) is 0.856. The Morgan fingerprint density at radius 2 is 2.06 bits per heavy atom. The molecular formula is C13H21FN2O. The fourth-order valence-corrected chi connectivity index (χ4v) is 1.49. The van der Waals surface area contributed by atoms with Crippen molar-refractivity contribution in [2.45, 2.75) is 19.9 Å². The molecule has 0 bridgehead atoms. The maximum atomic E-state index is 13.5. The van der Waals surface area contributed by atoms with Crippen LogP contribution in [0.2, 0.25) is 0 Å². The van der Waals surface area contributed by atoms with Crippen LogP contribution < -0.4 is 10.5 Å². The lowest BCUT2D eigenvalue weighted by Gasteiger charge is -2.17. The third kappa shape index (κ3) is 3.98. The van der Waals surface area contributed by atoms with Crippen molar-refractivity contribution in [2.75, 3.05) is 27.2 Å². The van der Waals surface area contributed by atoms with Crippen molar-refractivity contribution in [3.05, 3.63) is 29.1 Å². The molecule has 96 valence electrons. The molecule has 17 heavy (non-hydrogen) atoms. The normalized spacial score (nSPS) is 12.9. The van der Waals surface area contributed by atoms with Gasteiger partial charge in [-0.1, -0.05) is 0 Å². The van der Waals surface area contributed by atoms with Gasteiger partial charge in [0.2, 0.25) is 0 Å². The summed E-state index contributed by atoms with van der Waals surface area (Å²) >= 11 is 0. The monoisotopic (exact) mass is 240 g/mol. The number of nitrogens with zero attached hydrogens (tertiary/aromatic N) is 1. The minimum Gasteiger partial charge on any atom is -0.492 e. The zero-order valence-corrected chi connectivity index (χ0v) is 11.0. The summed E-state index contributed by atoms with van der Waals surface area (Å²) < 4.78 is 19.1. The number of halogens is 1. The van der Waals surface area contributed by atoms with Crippen molar-refractivity contribution in [2.24, 2.45) is 5.73 Å². The molecule has 1 unspecified atom stereocenters. The molecule has 4 heteroatoms. The van der Waals surface area contributed by atoms with Gasteiger partial charge >= 0.3 is 0 Å². The fraction of sp³-hybridized carbons (Fsp3) is 0.538. The summed E-state index contributed by atoms with van der Waals surface area (Å²) in [7, 11) is 3.96. The molecule has 1 atom stereocenters. The summed E-state index contributed by atoms with van der Waals surface area (Å²) in [5.74, 6) is 0.443. The largest absolute Gasteiger partial charge is 0.492 e. The lowest BCUT2D eigenvalue weighted by molar-refractivity contribution is 0.258. The van der Waals surface area contributed by atoms with Crippen LogP contribution in [0.15, 0.2) is 12.1 Å². The molecule has 0 spiro atoms. The molecule has 0 aliphatic heterocycles. The van der Waals surface area contributed by atoms with Crippen LogP contribution in [-0.2, 0) is 0 Å². The van der Waals surface area contributed by atoms with E-state index >= 15 is 0 Å². The van der Waals surface area contributed by atoms with Crippen molar-refractivity contribution in [3.63, 3.8) is 0 Å². The number of nitrogens with two attached hydrogens (primary N) is 1. The number of ether oxygens (including phenoxy) is 1. The predicted molar refractivity (Wildman–Crippen MR) is 67.8 cm³/mol. The number of likely N-dealkylation sites (N-methyl/N-ethyl adjacent to an activating group) is 1. The molecule has 1 aromatic rings. The number of hydrogen-bond acceptors (Lipinski definition) is 3. The van der Waals surface area contributed by atoms with Crippen LogP contribution >= 0.6 is 0 Å². The zero-order chi connectivity index (χ0) is 13.0. The molecule has 0 saturated heterocycles. The Labute approximate surface area is 102 Å². The molecular weight excluding hydrogens is 219 g/mol. The Morgan fingerprint density at radius 1 is 1.41 bits per heavy atom. The molecule has 1 aromatic carbocycles. The van der Waals surface area contributed by atoms with Crippen LogP contribution in [0.5, 0.6) is 5.75 Å². The first kappa shape index (κ1) is 13.9. The van der Waals surface area contributed by atoms with Crippen LogP contribution in [0, 0.1) is 12.7 Å². The summed E-state index contributed by atoms with van der Waals surface area (Å²) in [6.07, 6.45) is 0. The van der Waals surface area contributed by atoms with E-state index in [9.17, 15) is 4.39 Å². The average Bonchev–Trinajstić information content (AvgIpc) is 2.22. The molecule has 1 rings (SSSR count).